The van der Waals surface area contributed by atoms with Crippen molar-refractivity contribution in [2.24, 2.45) is 4.99 Å². The topological polar surface area (TPSA) is 115 Å². The second kappa shape index (κ2) is 14.5. The second-order valence-electron chi connectivity index (χ2n) is 10.3. The van der Waals surface area contributed by atoms with Crippen molar-refractivity contribution in [2.45, 2.75) is 39.7 Å². The second-order valence-corrected chi connectivity index (χ2v) is 11.3. The number of hydrogen-bond acceptors (Lipinski definition) is 10. The number of ether oxygens (including phenoxy) is 5. The lowest BCUT2D eigenvalue weighted by Crippen LogP contribution is -2.40. The van der Waals surface area contributed by atoms with Gasteiger partial charge in [-0.15, -0.1) is 0 Å². The number of esters is 2. The van der Waals surface area contributed by atoms with Gasteiger partial charge in [0.25, 0.3) is 5.56 Å². The first kappa shape index (κ1) is 32.5. The minimum Gasteiger partial charge on any atom is -0.496 e. The van der Waals surface area contributed by atoms with Gasteiger partial charge in [0.15, 0.2) is 22.9 Å². The van der Waals surface area contributed by atoms with Gasteiger partial charge in [-0.2, -0.15) is 0 Å². The van der Waals surface area contributed by atoms with Crippen LogP contribution in [0.4, 0.5) is 0 Å². The van der Waals surface area contributed by atoms with Crippen LogP contribution < -0.4 is 29.1 Å². The number of benzene rings is 3. The van der Waals surface area contributed by atoms with Gasteiger partial charge < -0.3 is 23.7 Å². The molecule has 0 radical (unpaired) electrons. The number of fused-ring (bicyclic) bond motifs is 2. The minimum atomic E-state index is -0.840. The number of carbonyl (C=O) groups excluding carboxylic acids is 2. The number of aromatic nitrogens is 1. The molecule has 2 heterocycles. The van der Waals surface area contributed by atoms with Gasteiger partial charge in [-0.05, 0) is 60.9 Å². The number of rotatable bonds is 12. The number of carbonyl (C=O) groups is 2. The summed E-state index contributed by atoms with van der Waals surface area (Å²) in [5.74, 6) is 0.282. The molecular weight excluding hydrogens is 608 g/mol. The van der Waals surface area contributed by atoms with E-state index in [0.29, 0.717) is 55.4 Å². The molecule has 0 saturated carbocycles. The first-order valence-corrected chi connectivity index (χ1v) is 15.9. The molecule has 1 aliphatic rings. The standard InChI is InChI=1S/C35H36N2O8S/c1-6-11-24-31(34(40)44-8-3)32(30-23-13-10-9-12-22(23)15-17-26(30)41-4)37-33(39)28(46-35(37)36-24)19-21-14-16-25(27(18-21)42-5)45-20-29(38)43-7-2/h9-10,12-19,32H,6-8,11,20H2,1-5H3/b28-19-/t32-/m1/s1. The van der Waals surface area contributed by atoms with Gasteiger partial charge in [-0.25, -0.2) is 14.6 Å². The molecule has 1 aromatic heterocycles. The fraction of sp³-hybridized carbons (Fsp3) is 0.314. The number of nitrogens with zero attached hydrogens (tertiary/aromatic N) is 2. The van der Waals surface area contributed by atoms with Crippen molar-refractivity contribution in [3.05, 3.63) is 96.7 Å². The van der Waals surface area contributed by atoms with Crippen LogP contribution in [-0.4, -0.2) is 50.5 Å². The molecule has 0 unspecified atom stereocenters. The zero-order valence-electron chi connectivity index (χ0n) is 26.5. The Morgan fingerprint density at radius 3 is 2.39 bits per heavy atom. The largest absolute Gasteiger partial charge is 0.496 e. The van der Waals surface area contributed by atoms with Crippen molar-refractivity contribution < 1.29 is 33.3 Å². The van der Waals surface area contributed by atoms with E-state index in [1.54, 1.807) is 49.8 Å². The van der Waals surface area contributed by atoms with E-state index in [2.05, 4.69) is 0 Å². The molecule has 46 heavy (non-hydrogen) atoms. The Morgan fingerprint density at radius 1 is 0.935 bits per heavy atom. The van der Waals surface area contributed by atoms with Crippen LogP contribution in [0.2, 0.25) is 0 Å². The van der Waals surface area contributed by atoms with E-state index < -0.39 is 18.0 Å². The molecule has 0 saturated heterocycles. The molecule has 0 bridgehead atoms. The third kappa shape index (κ3) is 6.41. The maximum Gasteiger partial charge on any atom is 0.344 e. The third-order valence-electron chi connectivity index (χ3n) is 7.45. The van der Waals surface area contributed by atoms with Crippen LogP contribution in [0.15, 0.2) is 75.7 Å². The number of allylic oxidation sites excluding steroid dienone is 1. The van der Waals surface area contributed by atoms with Crippen molar-refractivity contribution in [1.82, 2.24) is 4.57 Å². The zero-order valence-corrected chi connectivity index (χ0v) is 27.3. The van der Waals surface area contributed by atoms with Crippen LogP contribution in [0, 0.1) is 0 Å². The van der Waals surface area contributed by atoms with E-state index in [1.165, 1.54) is 18.4 Å². The quantitative estimate of drug-likeness (QED) is 0.204. The third-order valence-corrected chi connectivity index (χ3v) is 8.44. The van der Waals surface area contributed by atoms with Crippen molar-refractivity contribution in [3.63, 3.8) is 0 Å². The van der Waals surface area contributed by atoms with Gasteiger partial charge in [-0.1, -0.05) is 61.1 Å². The van der Waals surface area contributed by atoms with Crippen LogP contribution in [-0.2, 0) is 19.1 Å². The molecule has 5 rings (SSSR count). The molecule has 240 valence electrons. The lowest BCUT2D eigenvalue weighted by molar-refractivity contribution is -0.145. The SMILES string of the molecule is CCCC1=C(C(=O)OCC)[C@@H](c2c(OC)ccc3ccccc23)n2c(s/c(=C\c3ccc(OCC(=O)OCC)c(OC)c3)c2=O)=N1. The summed E-state index contributed by atoms with van der Waals surface area (Å²) in [6, 6.07) is 15.9. The van der Waals surface area contributed by atoms with Crippen molar-refractivity contribution in [3.8, 4) is 17.2 Å². The van der Waals surface area contributed by atoms with Crippen LogP contribution in [0.1, 0.15) is 50.8 Å². The Bertz CT molecular complexity index is 1990. The highest BCUT2D eigenvalue weighted by Gasteiger charge is 2.37. The maximum absolute atomic E-state index is 14.3. The van der Waals surface area contributed by atoms with Crippen LogP contribution in [0.5, 0.6) is 17.2 Å². The predicted molar refractivity (Wildman–Crippen MR) is 175 cm³/mol. The molecule has 11 heteroatoms. The summed E-state index contributed by atoms with van der Waals surface area (Å²) >= 11 is 1.24. The number of methoxy groups -OCH3 is 2. The molecule has 1 aliphatic heterocycles. The number of thiazole rings is 1. The smallest absolute Gasteiger partial charge is 0.344 e. The average molecular weight is 645 g/mol. The zero-order chi connectivity index (χ0) is 32.8. The highest BCUT2D eigenvalue weighted by Crippen LogP contribution is 2.41. The molecule has 4 aromatic rings. The van der Waals surface area contributed by atoms with Gasteiger partial charge in [-0.3, -0.25) is 9.36 Å². The molecular formula is C35H36N2O8S. The number of hydrogen-bond donors (Lipinski definition) is 0. The summed E-state index contributed by atoms with van der Waals surface area (Å²) < 4.78 is 29.4. The summed E-state index contributed by atoms with van der Waals surface area (Å²) in [5.41, 5.74) is 1.94. The molecule has 1 atom stereocenters. The van der Waals surface area contributed by atoms with Crippen LogP contribution >= 0.6 is 11.3 Å². The Labute approximate surface area is 270 Å². The van der Waals surface area contributed by atoms with Gasteiger partial charge >= 0.3 is 11.9 Å². The summed E-state index contributed by atoms with van der Waals surface area (Å²) in [6.07, 6.45) is 3.00. The summed E-state index contributed by atoms with van der Waals surface area (Å²) in [4.78, 5) is 45.2. The van der Waals surface area contributed by atoms with Gasteiger partial charge in [0.05, 0.1) is 43.2 Å². The summed E-state index contributed by atoms with van der Waals surface area (Å²) in [7, 11) is 3.07. The summed E-state index contributed by atoms with van der Waals surface area (Å²) in [6.45, 7) is 5.66. The fourth-order valence-corrected chi connectivity index (χ4v) is 6.53. The lowest BCUT2D eigenvalue weighted by Gasteiger charge is -2.28. The molecule has 0 N–H and O–H groups in total. The fourth-order valence-electron chi connectivity index (χ4n) is 5.51. The van der Waals surface area contributed by atoms with E-state index in [9.17, 15) is 14.4 Å². The highest BCUT2D eigenvalue weighted by atomic mass is 32.1. The molecule has 0 aliphatic carbocycles. The van der Waals surface area contributed by atoms with Crippen molar-refractivity contribution in [2.75, 3.05) is 34.0 Å². The van der Waals surface area contributed by atoms with Crippen LogP contribution in [0.3, 0.4) is 0 Å². The molecule has 0 spiro atoms. The predicted octanol–water partition coefficient (Wildman–Crippen LogP) is 4.69. The van der Waals surface area contributed by atoms with E-state index in [1.807, 2.05) is 43.3 Å². The average Bonchev–Trinajstić information content (AvgIpc) is 3.37. The van der Waals surface area contributed by atoms with Gasteiger partial charge in [0.1, 0.15) is 11.8 Å². The molecule has 0 fully saturated rings. The van der Waals surface area contributed by atoms with E-state index in [4.69, 9.17) is 28.7 Å². The van der Waals surface area contributed by atoms with Crippen molar-refractivity contribution >= 4 is 40.1 Å². The first-order valence-electron chi connectivity index (χ1n) is 15.1. The molecule has 0 amide bonds. The minimum absolute atomic E-state index is 0.173. The molecule has 10 nitrogen and oxygen atoms in total. The van der Waals surface area contributed by atoms with E-state index >= 15 is 0 Å². The monoisotopic (exact) mass is 644 g/mol. The highest BCUT2D eigenvalue weighted by molar-refractivity contribution is 7.07. The lowest BCUT2D eigenvalue weighted by atomic mass is 9.90. The van der Waals surface area contributed by atoms with Crippen LogP contribution in [0.25, 0.3) is 16.8 Å². The normalized spacial score (nSPS) is 14.5. The Morgan fingerprint density at radius 2 is 1.67 bits per heavy atom. The Balaban J connectivity index is 1.71. The van der Waals surface area contributed by atoms with Crippen molar-refractivity contribution in [1.29, 1.82) is 0 Å². The molecule has 3 aromatic carbocycles. The summed E-state index contributed by atoms with van der Waals surface area (Å²) in [5, 5.41) is 1.79. The maximum atomic E-state index is 14.3. The first-order chi connectivity index (χ1) is 22.3. The van der Waals surface area contributed by atoms with E-state index in [0.717, 1.165) is 17.2 Å². The Kier molecular flexibility index (Phi) is 10.2. The van der Waals surface area contributed by atoms with E-state index in [-0.39, 0.29) is 25.4 Å². The Hall–Kier alpha value is -4.90. The van der Waals surface area contributed by atoms with Gasteiger partial charge in [0, 0.05) is 5.56 Å². The van der Waals surface area contributed by atoms with Gasteiger partial charge in [0.2, 0.25) is 0 Å².